The molecule has 0 saturated carbocycles. The van der Waals surface area contributed by atoms with Crippen LogP contribution in [-0.4, -0.2) is 50.1 Å². The minimum absolute atomic E-state index is 0.181. The number of hydrogen-bond acceptors (Lipinski definition) is 5. The Morgan fingerprint density at radius 2 is 1.38 bits per heavy atom. The molecule has 1 heterocycles. The van der Waals surface area contributed by atoms with E-state index in [0.717, 1.165) is 22.9 Å². The Hall–Kier alpha value is -3.49. The van der Waals surface area contributed by atoms with Gasteiger partial charge in [-0.3, -0.25) is 14.3 Å². The van der Waals surface area contributed by atoms with Crippen LogP contribution < -0.4 is 4.72 Å². The fraction of sp³-hybridized carbons (Fsp3) is 0.310. The predicted octanol–water partition coefficient (Wildman–Crippen LogP) is 4.03. The molecule has 0 bridgehead atoms. The van der Waals surface area contributed by atoms with Crippen LogP contribution in [0.3, 0.4) is 0 Å². The van der Waals surface area contributed by atoms with Gasteiger partial charge in [0.2, 0.25) is 15.9 Å². The summed E-state index contributed by atoms with van der Waals surface area (Å²) >= 11 is 0. The maximum absolute atomic E-state index is 14.1. The van der Waals surface area contributed by atoms with Crippen LogP contribution >= 0.6 is 0 Å². The molecule has 1 saturated heterocycles. The fourth-order valence-corrected chi connectivity index (χ4v) is 5.39. The van der Waals surface area contributed by atoms with Crippen LogP contribution in [0.2, 0.25) is 0 Å². The highest BCUT2D eigenvalue weighted by Gasteiger charge is 2.44. The maximum Gasteiger partial charge on any atom is 0.256 e. The van der Waals surface area contributed by atoms with Crippen molar-refractivity contribution in [3.63, 3.8) is 0 Å². The van der Waals surface area contributed by atoms with Gasteiger partial charge in [-0.15, -0.1) is 0 Å². The largest absolute Gasteiger partial charge is 0.368 e. The topological polar surface area (TPSA) is 92.8 Å². The highest BCUT2D eigenvalue weighted by Crippen LogP contribution is 2.33. The lowest BCUT2D eigenvalue weighted by molar-refractivity contribution is -0.138. The normalized spacial score (nSPS) is 18.5. The molecular formula is C29H32N2O5S. The molecule has 1 aliphatic heterocycles. The van der Waals surface area contributed by atoms with E-state index in [9.17, 15) is 18.0 Å². The Morgan fingerprint density at radius 1 is 0.892 bits per heavy atom. The van der Waals surface area contributed by atoms with Gasteiger partial charge in [0.05, 0.1) is 24.4 Å². The molecule has 1 N–H and O–H groups in total. The molecule has 0 spiro atoms. The summed E-state index contributed by atoms with van der Waals surface area (Å²) in [6.07, 6.45) is 1.20. The second-order valence-electron chi connectivity index (χ2n) is 9.30. The summed E-state index contributed by atoms with van der Waals surface area (Å²) in [7, 11) is -3.80. The summed E-state index contributed by atoms with van der Waals surface area (Å²) in [5.74, 6) is -1.65. The van der Waals surface area contributed by atoms with Gasteiger partial charge in [0.25, 0.3) is 5.91 Å². The second kappa shape index (κ2) is 11.7. The van der Waals surface area contributed by atoms with E-state index in [1.807, 2.05) is 97.9 Å². The lowest BCUT2D eigenvalue weighted by Crippen LogP contribution is -2.48. The number of hydrogen-bond donors (Lipinski definition) is 1. The first-order valence-corrected chi connectivity index (χ1v) is 14.3. The molecule has 194 valence electrons. The zero-order chi connectivity index (χ0) is 26.4. The Bertz CT molecular complexity index is 1260. The highest BCUT2D eigenvalue weighted by molar-refractivity contribution is 7.89. The van der Waals surface area contributed by atoms with Gasteiger partial charge in [0, 0.05) is 13.0 Å². The molecule has 37 heavy (non-hydrogen) atoms. The third-order valence-electron chi connectivity index (χ3n) is 6.55. The number of likely N-dealkylation sites (tertiary alicyclic amines) is 1. The van der Waals surface area contributed by atoms with Gasteiger partial charge in [-0.05, 0) is 23.1 Å². The van der Waals surface area contributed by atoms with Crippen LogP contribution in [0.25, 0.3) is 0 Å². The van der Waals surface area contributed by atoms with Gasteiger partial charge in [0.1, 0.15) is 6.04 Å². The number of rotatable bonds is 9. The first-order chi connectivity index (χ1) is 17.8. The average Bonchev–Trinajstić information content (AvgIpc) is 3.32. The number of carbonyl (C=O) groups excluding carboxylic acids is 2. The van der Waals surface area contributed by atoms with E-state index in [0.29, 0.717) is 6.42 Å². The molecule has 0 radical (unpaired) electrons. The van der Waals surface area contributed by atoms with Crippen molar-refractivity contribution in [2.75, 3.05) is 12.8 Å². The number of amides is 2. The molecule has 7 nitrogen and oxygen atoms in total. The zero-order valence-electron chi connectivity index (χ0n) is 21.0. The van der Waals surface area contributed by atoms with E-state index in [1.165, 1.54) is 4.90 Å². The molecule has 4 rings (SSSR count). The third-order valence-corrected chi connectivity index (χ3v) is 7.12. The highest BCUT2D eigenvalue weighted by atomic mass is 32.2. The molecule has 1 aliphatic rings. The van der Waals surface area contributed by atoms with Crippen LogP contribution in [0.15, 0.2) is 91.0 Å². The Kier molecular flexibility index (Phi) is 8.41. The Balaban J connectivity index is 1.66. The lowest BCUT2D eigenvalue weighted by atomic mass is 9.90. The molecule has 0 aliphatic carbocycles. The first-order valence-electron chi connectivity index (χ1n) is 12.4. The smallest absolute Gasteiger partial charge is 0.256 e. The number of nitrogens with zero attached hydrogens (tertiary/aromatic N) is 1. The van der Waals surface area contributed by atoms with Crippen LogP contribution in [-0.2, 0) is 24.3 Å². The van der Waals surface area contributed by atoms with Crippen LogP contribution in [0.4, 0.5) is 0 Å². The Morgan fingerprint density at radius 3 is 1.84 bits per heavy atom. The summed E-state index contributed by atoms with van der Waals surface area (Å²) in [5, 5.41) is 0. The summed E-state index contributed by atoms with van der Waals surface area (Å²) < 4.78 is 32.2. The first kappa shape index (κ1) is 26.6. The van der Waals surface area contributed by atoms with Crippen molar-refractivity contribution in [1.29, 1.82) is 0 Å². The zero-order valence-corrected chi connectivity index (χ0v) is 21.8. The van der Waals surface area contributed by atoms with E-state index < -0.39 is 34.0 Å². The number of ether oxygens (including phenoxy) is 1. The molecule has 1 unspecified atom stereocenters. The molecular weight excluding hydrogens is 488 g/mol. The molecule has 8 heteroatoms. The van der Waals surface area contributed by atoms with Crippen LogP contribution in [0, 0.1) is 0 Å². The quantitative estimate of drug-likeness (QED) is 0.460. The van der Waals surface area contributed by atoms with E-state index in [-0.39, 0.29) is 25.0 Å². The number of sulfonamides is 1. The lowest BCUT2D eigenvalue weighted by Gasteiger charge is -2.28. The van der Waals surface area contributed by atoms with Crippen LogP contribution in [0.1, 0.15) is 48.5 Å². The van der Waals surface area contributed by atoms with Crippen molar-refractivity contribution in [2.24, 2.45) is 0 Å². The van der Waals surface area contributed by atoms with Crippen molar-refractivity contribution < 1.29 is 22.7 Å². The second-order valence-corrected chi connectivity index (χ2v) is 11.0. The summed E-state index contributed by atoms with van der Waals surface area (Å²) in [6, 6.07) is 27.6. The average molecular weight is 521 g/mol. The standard InChI is InChI=1S/C29H32N2O5S/c1-3-26(21-13-7-4-8-14-21)36-24-19-25(28(32)30-37(2,34)35)31(20-24)29(33)27(22-15-9-5-10-16-22)23-17-11-6-12-18-23/h4-18,24-27H,3,19-20H2,1-2H3,(H,30,32)/t24-,25-,26?/m0/s1. The van der Waals surface area contributed by atoms with Crippen LogP contribution in [0.5, 0.6) is 0 Å². The molecule has 0 aromatic heterocycles. The Labute approximate surface area is 218 Å². The van der Waals surface area contributed by atoms with Gasteiger partial charge in [0.15, 0.2) is 0 Å². The molecule has 3 atom stereocenters. The van der Waals surface area contributed by atoms with Gasteiger partial charge in [-0.1, -0.05) is 97.9 Å². The molecule has 3 aromatic carbocycles. The maximum atomic E-state index is 14.1. The van der Waals surface area contributed by atoms with Gasteiger partial charge < -0.3 is 9.64 Å². The molecule has 3 aromatic rings. The number of nitrogens with one attached hydrogen (secondary N) is 1. The summed E-state index contributed by atoms with van der Waals surface area (Å²) in [4.78, 5) is 28.7. The minimum atomic E-state index is -3.80. The summed E-state index contributed by atoms with van der Waals surface area (Å²) in [5.41, 5.74) is 2.60. The molecule has 1 fully saturated rings. The van der Waals surface area contributed by atoms with Gasteiger partial charge >= 0.3 is 0 Å². The summed E-state index contributed by atoms with van der Waals surface area (Å²) in [6.45, 7) is 2.20. The fourth-order valence-electron chi connectivity index (χ4n) is 4.88. The van der Waals surface area contributed by atoms with E-state index in [2.05, 4.69) is 4.72 Å². The van der Waals surface area contributed by atoms with Crippen molar-refractivity contribution in [1.82, 2.24) is 9.62 Å². The van der Waals surface area contributed by atoms with Gasteiger partial charge in [-0.25, -0.2) is 8.42 Å². The van der Waals surface area contributed by atoms with Crippen molar-refractivity contribution in [2.45, 2.75) is 43.9 Å². The number of benzene rings is 3. The molecule has 2 amide bonds. The predicted molar refractivity (Wildman–Crippen MR) is 142 cm³/mol. The SMILES string of the molecule is CCC(O[C@H]1C[C@@H](C(=O)NS(C)(=O)=O)N(C(=O)C(c2ccccc2)c2ccccc2)C1)c1ccccc1. The third kappa shape index (κ3) is 6.64. The van der Waals surface area contributed by atoms with Gasteiger partial charge in [-0.2, -0.15) is 0 Å². The van der Waals surface area contributed by atoms with E-state index in [4.69, 9.17) is 4.74 Å². The van der Waals surface area contributed by atoms with Crippen molar-refractivity contribution in [3.8, 4) is 0 Å². The van der Waals surface area contributed by atoms with E-state index in [1.54, 1.807) is 0 Å². The monoisotopic (exact) mass is 520 g/mol. The van der Waals surface area contributed by atoms with Crippen molar-refractivity contribution in [3.05, 3.63) is 108 Å². The van der Waals surface area contributed by atoms with E-state index >= 15 is 0 Å². The minimum Gasteiger partial charge on any atom is -0.368 e. The van der Waals surface area contributed by atoms with Crippen molar-refractivity contribution >= 4 is 21.8 Å². The number of carbonyl (C=O) groups is 2.